The van der Waals surface area contributed by atoms with Crippen LogP contribution in [0, 0.1) is 29.5 Å². The van der Waals surface area contributed by atoms with Crippen molar-refractivity contribution < 1.29 is 9.18 Å². The molecule has 29 heavy (non-hydrogen) atoms. The van der Waals surface area contributed by atoms with E-state index in [4.69, 9.17) is 0 Å². The molecule has 2 aromatic rings. The highest BCUT2D eigenvalue weighted by Crippen LogP contribution is 2.50. The van der Waals surface area contributed by atoms with E-state index in [-0.39, 0.29) is 17.6 Å². The van der Waals surface area contributed by atoms with Gasteiger partial charge in [-0.15, -0.1) is 0 Å². The molecule has 0 bridgehead atoms. The lowest BCUT2D eigenvalue weighted by molar-refractivity contribution is -0.133. The van der Waals surface area contributed by atoms with Gasteiger partial charge in [0.25, 0.3) is 0 Å². The maximum absolute atomic E-state index is 13.5. The van der Waals surface area contributed by atoms with Gasteiger partial charge in [0.15, 0.2) is 0 Å². The molecule has 0 spiro atoms. The minimum absolute atomic E-state index is 0.0842. The highest BCUT2D eigenvalue weighted by atomic mass is 19.1. The minimum Gasteiger partial charge on any atom is -0.349 e. The zero-order valence-corrected chi connectivity index (χ0v) is 17.2. The quantitative estimate of drug-likeness (QED) is 0.695. The van der Waals surface area contributed by atoms with Crippen molar-refractivity contribution in [1.82, 2.24) is 9.88 Å². The third kappa shape index (κ3) is 4.26. The fraction of sp³-hybridized carbons (Fsp3) is 0.440. The van der Waals surface area contributed by atoms with Crippen molar-refractivity contribution in [2.75, 3.05) is 14.1 Å². The van der Waals surface area contributed by atoms with Gasteiger partial charge in [0.1, 0.15) is 5.82 Å². The molecular weight excluding hydrogens is 363 g/mol. The van der Waals surface area contributed by atoms with E-state index in [1.807, 2.05) is 32.3 Å². The first-order valence-electron chi connectivity index (χ1n) is 10.6. The summed E-state index contributed by atoms with van der Waals surface area (Å²) in [5.74, 6) is 1.67. The van der Waals surface area contributed by atoms with Gasteiger partial charge in [-0.05, 0) is 60.4 Å². The normalized spacial score (nSPS) is 26.4. The van der Waals surface area contributed by atoms with E-state index < -0.39 is 0 Å². The average molecular weight is 393 g/mol. The minimum atomic E-state index is -0.244. The molecule has 0 N–H and O–H groups in total. The molecule has 2 aliphatic rings. The highest BCUT2D eigenvalue weighted by molar-refractivity contribution is 5.79. The number of hydrogen-bond donors (Lipinski definition) is 0. The van der Waals surface area contributed by atoms with Crippen molar-refractivity contribution in [1.29, 1.82) is 0 Å². The van der Waals surface area contributed by atoms with Gasteiger partial charge in [0.2, 0.25) is 5.91 Å². The van der Waals surface area contributed by atoms with Crippen molar-refractivity contribution in [3.05, 3.63) is 60.2 Å². The average Bonchev–Trinajstić information content (AvgIpc) is 3.10. The lowest BCUT2D eigenvalue weighted by Crippen LogP contribution is -2.32. The van der Waals surface area contributed by atoms with Gasteiger partial charge < -0.3 is 4.90 Å². The van der Waals surface area contributed by atoms with Gasteiger partial charge in [-0.25, -0.2) is 4.39 Å². The summed E-state index contributed by atoms with van der Waals surface area (Å²) >= 11 is 0. The SMILES string of the molecule is CN(C)C(=O)[C@H]1C[C@H]2CCCC[C@H]2[C@@H]1/C=C/c1ccc(-c2cccc(F)c2)cn1. The molecule has 0 unspecified atom stereocenters. The number of aromatic nitrogens is 1. The standard InChI is InChI=1S/C25H29FN2O/c1-28(2)25(29)24-15-18-6-3-4-9-22(18)23(24)13-12-21-11-10-19(16-27-21)17-7-5-8-20(26)14-17/h5,7-8,10-14,16,18,22-24H,3-4,6,9,15H2,1-2H3/b13-12+/t18-,22-,23+,24+/m1/s1. The molecule has 4 heteroatoms. The molecule has 1 aromatic heterocycles. The molecule has 2 fully saturated rings. The monoisotopic (exact) mass is 392 g/mol. The van der Waals surface area contributed by atoms with Gasteiger partial charge >= 0.3 is 0 Å². The van der Waals surface area contributed by atoms with Crippen LogP contribution in [0.1, 0.15) is 37.8 Å². The van der Waals surface area contributed by atoms with E-state index in [0.29, 0.717) is 17.8 Å². The van der Waals surface area contributed by atoms with Gasteiger partial charge in [-0.2, -0.15) is 0 Å². The van der Waals surface area contributed by atoms with E-state index in [1.165, 1.54) is 37.8 Å². The zero-order chi connectivity index (χ0) is 20.4. The Hall–Kier alpha value is -2.49. The number of amides is 1. The summed E-state index contributed by atoms with van der Waals surface area (Å²) < 4.78 is 13.5. The van der Waals surface area contributed by atoms with Crippen LogP contribution < -0.4 is 0 Å². The molecule has 4 rings (SSSR count). The second-order valence-electron chi connectivity index (χ2n) is 8.70. The van der Waals surface area contributed by atoms with Crippen LogP contribution in [0.2, 0.25) is 0 Å². The van der Waals surface area contributed by atoms with Crippen LogP contribution in [0.3, 0.4) is 0 Å². The van der Waals surface area contributed by atoms with E-state index in [9.17, 15) is 9.18 Å². The molecule has 2 aliphatic carbocycles. The predicted molar refractivity (Wildman–Crippen MR) is 114 cm³/mol. The predicted octanol–water partition coefficient (Wildman–Crippen LogP) is 5.43. The number of nitrogens with zero attached hydrogens (tertiary/aromatic N) is 2. The Labute approximate surface area is 172 Å². The largest absolute Gasteiger partial charge is 0.349 e. The maximum Gasteiger partial charge on any atom is 0.225 e. The molecular formula is C25H29FN2O. The molecule has 1 aromatic carbocycles. The number of rotatable bonds is 4. The van der Waals surface area contributed by atoms with Gasteiger partial charge in [-0.3, -0.25) is 9.78 Å². The van der Waals surface area contributed by atoms with E-state index >= 15 is 0 Å². The summed E-state index contributed by atoms with van der Waals surface area (Å²) in [6.45, 7) is 0. The number of carbonyl (C=O) groups is 1. The first kappa shape index (κ1) is 19.8. The Morgan fingerprint density at radius 3 is 2.69 bits per heavy atom. The molecule has 152 valence electrons. The Morgan fingerprint density at radius 2 is 1.97 bits per heavy atom. The van der Waals surface area contributed by atoms with Crippen LogP contribution in [0.5, 0.6) is 0 Å². The Morgan fingerprint density at radius 1 is 1.14 bits per heavy atom. The third-order valence-corrected chi connectivity index (χ3v) is 6.68. The Kier molecular flexibility index (Phi) is 5.79. The zero-order valence-electron chi connectivity index (χ0n) is 17.2. The topological polar surface area (TPSA) is 33.2 Å². The number of fused-ring (bicyclic) bond motifs is 1. The number of allylic oxidation sites excluding steroid dienone is 1. The van der Waals surface area contributed by atoms with Gasteiger partial charge in [0.05, 0.1) is 5.69 Å². The molecule has 4 atom stereocenters. The summed E-state index contributed by atoms with van der Waals surface area (Å²) in [5, 5.41) is 0. The molecule has 0 aliphatic heterocycles. The van der Waals surface area contributed by atoms with Crippen LogP contribution in [-0.2, 0) is 4.79 Å². The smallest absolute Gasteiger partial charge is 0.225 e. The second-order valence-corrected chi connectivity index (χ2v) is 8.70. The number of halogens is 1. The van der Waals surface area contributed by atoms with Crippen molar-refractivity contribution in [3.63, 3.8) is 0 Å². The number of benzene rings is 1. The number of hydrogen-bond acceptors (Lipinski definition) is 2. The lowest BCUT2D eigenvalue weighted by atomic mass is 9.77. The summed E-state index contributed by atoms with van der Waals surface area (Å²) in [6.07, 6.45) is 12.1. The van der Waals surface area contributed by atoms with E-state index in [1.54, 1.807) is 17.2 Å². The second kappa shape index (κ2) is 8.48. The Balaban J connectivity index is 1.53. The molecule has 1 amide bonds. The molecule has 1 heterocycles. The van der Waals surface area contributed by atoms with Crippen LogP contribution in [-0.4, -0.2) is 29.9 Å². The number of pyridine rings is 1. The van der Waals surface area contributed by atoms with Crippen molar-refractivity contribution >= 4 is 12.0 Å². The van der Waals surface area contributed by atoms with E-state index in [2.05, 4.69) is 17.1 Å². The first-order chi connectivity index (χ1) is 14.0. The first-order valence-corrected chi connectivity index (χ1v) is 10.6. The number of carbonyl (C=O) groups excluding carboxylic acids is 1. The summed E-state index contributed by atoms with van der Waals surface area (Å²) in [6, 6.07) is 10.5. The van der Waals surface area contributed by atoms with Crippen LogP contribution in [0.25, 0.3) is 17.2 Å². The Bertz CT molecular complexity index is 890. The van der Waals surface area contributed by atoms with Crippen molar-refractivity contribution in [2.45, 2.75) is 32.1 Å². The maximum atomic E-state index is 13.5. The molecule has 0 radical (unpaired) electrons. The molecule has 0 saturated heterocycles. The molecule has 2 saturated carbocycles. The fourth-order valence-corrected chi connectivity index (χ4v) is 5.24. The summed E-state index contributed by atoms with van der Waals surface area (Å²) in [7, 11) is 3.72. The van der Waals surface area contributed by atoms with Crippen molar-refractivity contribution in [3.8, 4) is 11.1 Å². The van der Waals surface area contributed by atoms with Gasteiger partial charge in [-0.1, -0.05) is 43.5 Å². The van der Waals surface area contributed by atoms with Crippen LogP contribution in [0.4, 0.5) is 4.39 Å². The van der Waals surface area contributed by atoms with Gasteiger partial charge in [0, 0.05) is 31.8 Å². The third-order valence-electron chi connectivity index (χ3n) is 6.68. The fourth-order valence-electron chi connectivity index (χ4n) is 5.24. The van der Waals surface area contributed by atoms with Crippen LogP contribution >= 0.6 is 0 Å². The summed E-state index contributed by atoms with van der Waals surface area (Å²) in [5.41, 5.74) is 2.60. The van der Waals surface area contributed by atoms with Crippen molar-refractivity contribution in [2.24, 2.45) is 23.7 Å². The lowest BCUT2D eigenvalue weighted by Gasteiger charge is -2.28. The van der Waals surface area contributed by atoms with Crippen LogP contribution in [0.15, 0.2) is 48.7 Å². The van der Waals surface area contributed by atoms with E-state index in [0.717, 1.165) is 23.2 Å². The highest BCUT2D eigenvalue weighted by Gasteiger charge is 2.45. The summed E-state index contributed by atoms with van der Waals surface area (Å²) in [4.78, 5) is 19.1. The molecule has 3 nitrogen and oxygen atoms in total.